The second kappa shape index (κ2) is 4.07. The van der Waals surface area contributed by atoms with Crippen LogP contribution in [-0.2, 0) is 9.47 Å². The van der Waals surface area contributed by atoms with Gasteiger partial charge < -0.3 is 14.6 Å². The average Bonchev–Trinajstić information content (AvgIpc) is 2.30. The van der Waals surface area contributed by atoms with E-state index in [2.05, 4.69) is 12.3 Å². The summed E-state index contributed by atoms with van der Waals surface area (Å²) in [6.07, 6.45) is 1.48. The van der Waals surface area contributed by atoms with Crippen molar-refractivity contribution in [1.82, 2.24) is 0 Å². The van der Waals surface area contributed by atoms with Crippen LogP contribution in [0.15, 0.2) is 18.4 Å². The van der Waals surface area contributed by atoms with Crippen molar-refractivity contribution in [2.75, 3.05) is 6.61 Å². The fourth-order valence-electron chi connectivity index (χ4n) is 1.35. The minimum absolute atomic E-state index is 0.0328. The predicted octanol–water partition coefficient (Wildman–Crippen LogP) is 1.23. The largest absolute Gasteiger partial charge is 0.388 e. The van der Waals surface area contributed by atoms with E-state index in [1.165, 1.54) is 6.08 Å². The summed E-state index contributed by atoms with van der Waals surface area (Å²) in [5.74, 6) is -0.512. The van der Waals surface area contributed by atoms with Gasteiger partial charge in [-0.1, -0.05) is 6.58 Å². The van der Waals surface area contributed by atoms with Crippen molar-refractivity contribution in [3.05, 3.63) is 18.4 Å². The fraction of sp³-hybridized carbons (Fsp3) is 0.700. The standard InChI is InChI=1S/C10H16O3/c1-4-5-8(11)6-9-7-12-10(2,3)13-9/h5,8-9,11H,1,6-7H2,2-3H3. The Morgan fingerprint density at radius 1 is 1.77 bits per heavy atom. The normalized spacial score (nSPS) is 28.1. The zero-order valence-electron chi connectivity index (χ0n) is 8.12. The van der Waals surface area contributed by atoms with E-state index in [4.69, 9.17) is 9.47 Å². The van der Waals surface area contributed by atoms with Crippen LogP contribution in [0.4, 0.5) is 0 Å². The van der Waals surface area contributed by atoms with Crippen LogP contribution in [-0.4, -0.2) is 29.7 Å². The summed E-state index contributed by atoms with van der Waals surface area (Å²) < 4.78 is 10.9. The molecule has 1 fully saturated rings. The second-order valence-electron chi connectivity index (χ2n) is 3.62. The Balaban J connectivity index is 2.36. The van der Waals surface area contributed by atoms with Gasteiger partial charge in [0.05, 0.1) is 18.8 Å². The minimum atomic E-state index is -0.542. The van der Waals surface area contributed by atoms with E-state index < -0.39 is 11.9 Å². The van der Waals surface area contributed by atoms with Gasteiger partial charge >= 0.3 is 0 Å². The first-order valence-electron chi connectivity index (χ1n) is 4.39. The number of aliphatic hydroxyl groups excluding tert-OH is 1. The molecule has 3 heteroatoms. The number of hydrogen-bond donors (Lipinski definition) is 1. The van der Waals surface area contributed by atoms with Gasteiger partial charge in [-0.15, -0.1) is 5.73 Å². The lowest BCUT2D eigenvalue weighted by molar-refractivity contribution is -0.140. The Bertz CT molecular complexity index is 216. The molecule has 0 spiro atoms. The molecule has 1 aliphatic heterocycles. The van der Waals surface area contributed by atoms with Crippen LogP contribution in [0.3, 0.4) is 0 Å². The Hall–Kier alpha value is -0.600. The quantitative estimate of drug-likeness (QED) is 0.670. The molecule has 74 valence electrons. The van der Waals surface area contributed by atoms with E-state index in [1.807, 2.05) is 13.8 Å². The molecule has 1 saturated heterocycles. The van der Waals surface area contributed by atoms with E-state index in [0.717, 1.165) is 0 Å². The third kappa shape index (κ3) is 3.33. The summed E-state index contributed by atoms with van der Waals surface area (Å²) in [7, 11) is 0. The zero-order valence-corrected chi connectivity index (χ0v) is 8.12. The molecule has 0 amide bonds. The van der Waals surface area contributed by atoms with Crippen molar-refractivity contribution in [3.63, 3.8) is 0 Å². The Morgan fingerprint density at radius 2 is 2.46 bits per heavy atom. The van der Waals surface area contributed by atoms with Crippen molar-refractivity contribution >= 4 is 0 Å². The third-order valence-electron chi connectivity index (χ3n) is 1.88. The van der Waals surface area contributed by atoms with Crippen LogP contribution in [0.1, 0.15) is 20.3 Å². The summed E-state index contributed by atoms with van der Waals surface area (Å²) in [6, 6.07) is 0. The summed E-state index contributed by atoms with van der Waals surface area (Å²) >= 11 is 0. The zero-order chi connectivity index (χ0) is 9.90. The lowest BCUT2D eigenvalue weighted by atomic mass is 10.1. The van der Waals surface area contributed by atoms with E-state index >= 15 is 0 Å². The highest BCUT2D eigenvalue weighted by Gasteiger charge is 2.33. The molecule has 0 aromatic rings. The molecule has 1 rings (SSSR count). The van der Waals surface area contributed by atoms with Gasteiger partial charge in [-0.2, -0.15) is 0 Å². The molecule has 3 nitrogen and oxygen atoms in total. The van der Waals surface area contributed by atoms with Crippen LogP contribution in [0.5, 0.6) is 0 Å². The Labute approximate surface area is 78.7 Å². The van der Waals surface area contributed by atoms with Crippen LogP contribution < -0.4 is 0 Å². The maximum absolute atomic E-state index is 9.39. The molecule has 1 heterocycles. The van der Waals surface area contributed by atoms with Crippen LogP contribution >= 0.6 is 0 Å². The SMILES string of the molecule is C=C=CC(O)CC1COC(C)(C)O1. The van der Waals surface area contributed by atoms with E-state index in [0.29, 0.717) is 13.0 Å². The van der Waals surface area contributed by atoms with Gasteiger partial charge in [0.2, 0.25) is 0 Å². The molecule has 0 bridgehead atoms. The summed E-state index contributed by atoms with van der Waals surface area (Å²) in [4.78, 5) is 0. The smallest absolute Gasteiger partial charge is 0.163 e. The van der Waals surface area contributed by atoms with Crippen molar-refractivity contribution < 1.29 is 14.6 Å². The highest BCUT2D eigenvalue weighted by atomic mass is 16.7. The highest BCUT2D eigenvalue weighted by Crippen LogP contribution is 2.24. The minimum Gasteiger partial charge on any atom is -0.388 e. The first-order valence-corrected chi connectivity index (χ1v) is 4.39. The van der Waals surface area contributed by atoms with Crippen molar-refractivity contribution in [3.8, 4) is 0 Å². The van der Waals surface area contributed by atoms with Gasteiger partial charge in [0.1, 0.15) is 0 Å². The molecule has 1 aliphatic rings. The van der Waals surface area contributed by atoms with Gasteiger partial charge in [0, 0.05) is 6.42 Å². The van der Waals surface area contributed by atoms with Crippen molar-refractivity contribution in [2.45, 2.75) is 38.3 Å². The van der Waals surface area contributed by atoms with Crippen molar-refractivity contribution in [2.24, 2.45) is 0 Å². The Morgan fingerprint density at radius 3 is 2.92 bits per heavy atom. The van der Waals surface area contributed by atoms with E-state index in [-0.39, 0.29) is 6.10 Å². The summed E-state index contributed by atoms with van der Waals surface area (Å²) in [5, 5.41) is 9.39. The topological polar surface area (TPSA) is 38.7 Å². The lowest BCUT2D eigenvalue weighted by Crippen LogP contribution is -2.23. The fourth-order valence-corrected chi connectivity index (χ4v) is 1.35. The molecular weight excluding hydrogens is 168 g/mol. The molecule has 0 aromatic carbocycles. The molecule has 2 atom stereocenters. The molecule has 0 radical (unpaired) electrons. The summed E-state index contributed by atoms with van der Waals surface area (Å²) in [5.41, 5.74) is 2.54. The van der Waals surface area contributed by atoms with Crippen LogP contribution in [0.2, 0.25) is 0 Å². The van der Waals surface area contributed by atoms with Gasteiger partial charge in [-0.3, -0.25) is 0 Å². The number of rotatable bonds is 3. The highest BCUT2D eigenvalue weighted by molar-refractivity contribution is 4.87. The number of aliphatic hydroxyl groups is 1. The van der Waals surface area contributed by atoms with E-state index in [9.17, 15) is 5.11 Å². The van der Waals surface area contributed by atoms with Gasteiger partial charge in [0.15, 0.2) is 5.79 Å². The Kier molecular flexibility index (Phi) is 3.28. The first-order chi connectivity index (χ1) is 6.03. The van der Waals surface area contributed by atoms with E-state index in [1.54, 1.807) is 0 Å². The van der Waals surface area contributed by atoms with Gasteiger partial charge in [-0.05, 0) is 19.9 Å². The molecular formula is C10H16O3. The number of hydrogen-bond acceptors (Lipinski definition) is 3. The van der Waals surface area contributed by atoms with Crippen molar-refractivity contribution in [1.29, 1.82) is 0 Å². The number of ether oxygens (including phenoxy) is 2. The second-order valence-corrected chi connectivity index (χ2v) is 3.62. The molecule has 2 unspecified atom stereocenters. The molecule has 0 aromatic heterocycles. The predicted molar refractivity (Wildman–Crippen MR) is 49.2 cm³/mol. The maximum atomic E-state index is 9.39. The first kappa shape index (κ1) is 10.5. The summed E-state index contributed by atoms with van der Waals surface area (Å²) in [6.45, 7) is 7.66. The maximum Gasteiger partial charge on any atom is 0.163 e. The monoisotopic (exact) mass is 184 g/mol. The molecule has 1 N–H and O–H groups in total. The average molecular weight is 184 g/mol. The lowest BCUT2D eigenvalue weighted by Gasteiger charge is -2.17. The van der Waals surface area contributed by atoms with Crippen LogP contribution in [0.25, 0.3) is 0 Å². The third-order valence-corrected chi connectivity index (χ3v) is 1.88. The van der Waals surface area contributed by atoms with Gasteiger partial charge in [-0.25, -0.2) is 0 Å². The molecule has 13 heavy (non-hydrogen) atoms. The van der Waals surface area contributed by atoms with Gasteiger partial charge in [0.25, 0.3) is 0 Å². The molecule has 0 saturated carbocycles. The van der Waals surface area contributed by atoms with Crippen LogP contribution in [0, 0.1) is 0 Å². The molecule has 0 aliphatic carbocycles.